The highest BCUT2D eigenvalue weighted by molar-refractivity contribution is 6.39. The normalized spacial score (nSPS) is 14.8. The number of anilines is 1. The third kappa shape index (κ3) is 4.78. The summed E-state index contributed by atoms with van der Waals surface area (Å²) in [7, 11) is 0. The lowest BCUT2D eigenvalue weighted by molar-refractivity contribution is -0.136. The van der Waals surface area contributed by atoms with Crippen LogP contribution in [0.25, 0.3) is 10.8 Å². The fraction of sp³-hybridized carbons (Fsp3) is 0.240. The summed E-state index contributed by atoms with van der Waals surface area (Å²) >= 11 is 0. The van der Waals surface area contributed by atoms with Crippen LogP contribution in [-0.4, -0.2) is 42.3 Å². The second-order valence-corrected chi connectivity index (χ2v) is 7.93. The molecule has 0 saturated carbocycles. The fourth-order valence-electron chi connectivity index (χ4n) is 4.21. The molecule has 1 fully saturated rings. The van der Waals surface area contributed by atoms with Gasteiger partial charge in [-0.15, -0.1) is 0 Å². The van der Waals surface area contributed by atoms with Gasteiger partial charge in [0.2, 0.25) is 5.91 Å². The number of primary amides is 1. The van der Waals surface area contributed by atoms with E-state index in [0.717, 1.165) is 42.3 Å². The number of benzene rings is 3. The molecule has 1 saturated heterocycles. The second-order valence-electron chi connectivity index (χ2n) is 7.93. The molecule has 0 spiro atoms. The number of hydrogen-bond donors (Lipinski definition) is 3. The maximum Gasteiger partial charge on any atom is 0.313 e. The average molecular weight is 431 g/mol. The Morgan fingerprint density at radius 2 is 1.56 bits per heavy atom. The molecular formula is C25H26N4O3. The maximum atomic E-state index is 12.5. The van der Waals surface area contributed by atoms with Gasteiger partial charge in [0.1, 0.15) is 0 Å². The molecule has 4 rings (SSSR count). The Hall–Kier alpha value is -3.71. The number of hydrogen-bond acceptors (Lipinski definition) is 4. The fourth-order valence-corrected chi connectivity index (χ4v) is 4.21. The van der Waals surface area contributed by atoms with Crippen LogP contribution in [0.5, 0.6) is 0 Å². The van der Waals surface area contributed by atoms with Crippen molar-refractivity contribution in [3.8, 4) is 0 Å². The number of nitrogens with one attached hydrogen (secondary N) is 2. The van der Waals surface area contributed by atoms with Crippen LogP contribution in [0, 0.1) is 0 Å². The molecule has 3 aromatic rings. The molecule has 3 aromatic carbocycles. The van der Waals surface area contributed by atoms with Crippen LogP contribution in [0.3, 0.4) is 0 Å². The largest absolute Gasteiger partial charge is 0.366 e. The van der Waals surface area contributed by atoms with Gasteiger partial charge in [-0.1, -0.05) is 42.5 Å². The van der Waals surface area contributed by atoms with E-state index in [1.165, 1.54) is 24.3 Å². The summed E-state index contributed by atoms with van der Waals surface area (Å²) in [5, 5.41) is 7.66. The van der Waals surface area contributed by atoms with Crippen LogP contribution in [0.2, 0.25) is 0 Å². The van der Waals surface area contributed by atoms with E-state index in [9.17, 15) is 14.4 Å². The third-order valence-electron chi connectivity index (χ3n) is 5.85. The van der Waals surface area contributed by atoms with Gasteiger partial charge in [-0.2, -0.15) is 0 Å². The summed E-state index contributed by atoms with van der Waals surface area (Å²) in [6.45, 7) is 2.26. The lowest BCUT2D eigenvalue weighted by Crippen LogP contribution is -2.41. The van der Waals surface area contributed by atoms with Crippen LogP contribution < -0.4 is 16.4 Å². The molecule has 0 aliphatic carbocycles. The molecule has 1 aliphatic rings. The number of carbonyl (C=O) groups excluding carboxylic acids is 3. The van der Waals surface area contributed by atoms with Gasteiger partial charge in [0.05, 0.1) is 6.04 Å². The lowest BCUT2D eigenvalue weighted by Gasteiger charge is -2.29. The van der Waals surface area contributed by atoms with Crippen molar-refractivity contribution in [2.24, 2.45) is 5.73 Å². The zero-order valence-corrected chi connectivity index (χ0v) is 17.7. The molecule has 1 atom stereocenters. The van der Waals surface area contributed by atoms with Gasteiger partial charge >= 0.3 is 11.8 Å². The lowest BCUT2D eigenvalue weighted by atomic mass is 9.97. The Kier molecular flexibility index (Phi) is 6.47. The summed E-state index contributed by atoms with van der Waals surface area (Å²) in [5.74, 6) is -2.01. The molecule has 32 heavy (non-hydrogen) atoms. The van der Waals surface area contributed by atoms with Crippen molar-refractivity contribution in [2.75, 3.05) is 25.0 Å². The van der Waals surface area contributed by atoms with Crippen molar-refractivity contribution in [1.82, 2.24) is 10.2 Å². The van der Waals surface area contributed by atoms with Crippen LogP contribution in [-0.2, 0) is 9.59 Å². The molecule has 7 heteroatoms. The molecule has 1 aliphatic heterocycles. The van der Waals surface area contributed by atoms with Gasteiger partial charge in [0, 0.05) is 17.8 Å². The molecule has 7 nitrogen and oxygen atoms in total. The average Bonchev–Trinajstić information content (AvgIpc) is 3.34. The van der Waals surface area contributed by atoms with Crippen molar-refractivity contribution in [1.29, 1.82) is 0 Å². The molecule has 0 bridgehead atoms. The number of amides is 3. The molecule has 3 amide bonds. The van der Waals surface area contributed by atoms with Gasteiger partial charge in [0.15, 0.2) is 0 Å². The number of nitrogens with zero attached hydrogens (tertiary/aromatic N) is 1. The smallest absolute Gasteiger partial charge is 0.313 e. The van der Waals surface area contributed by atoms with Crippen LogP contribution in [0.1, 0.15) is 34.8 Å². The summed E-state index contributed by atoms with van der Waals surface area (Å²) in [4.78, 5) is 38.4. The predicted molar refractivity (Wildman–Crippen MR) is 124 cm³/mol. The number of carbonyl (C=O) groups is 3. The van der Waals surface area contributed by atoms with E-state index in [1.54, 1.807) is 0 Å². The quantitative estimate of drug-likeness (QED) is 0.523. The van der Waals surface area contributed by atoms with Crippen LogP contribution in [0.15, 0.2) is 66.7 Å². The van der Waals surface area contributed by atoms with Gasteiger partial charge in [0.25, 0.3) is 0 Å². The van der Waals surface area contributed by atoms with Gasteiger partial charge in [-0.05, 0) is 66.5 Å². The Balaban J connectivity index is 1.46. The highest BCUT2D eigenvalue weighted by Gasteiger charge is 2.26. The number of likely N-dealkylation sites (tertiary alicyclic amines) is 1. The number of nitrogens with two attached hydrogens (primary N) is 1. The maximum absolute atomic E-state index is 12.5. The first-order chi connectivity index (χ1) is 15.5. The topological polar surface area (TPSA) is 105 Å². The minimum absolute atomic E-state index is 0.0183. The van der Waals surface area contributed by atoms with E-state index in [-0.39, 0.29) is 6.04 Å². The van der Waals surface area contributed by atoms with Gasteiger partial charge in [-0.25, -0.2) is 0 Å². The monoisotopic (exact) mass is 430 g/mol. The highest BCUT2D eigenvalue weighted by atomic mass is 16.2. The second kappa shape index (κ2) is 9.62. The molecule has 4 N–H and O–H groups in total. The van der Waals surface area contributed by atoms with Gasteiger partial charge < -0.3 is 16.4 Å². The first-order valence-electron chi connectivity index (χ1n) is 10.7. The zero-order chi connectivity index (χ0) is 22.5. The van der Waals surface area contributed by atoms with Crippen molar-refractivity contribution in [2.45, 2.75) is 18.9 Å². The summed E-state index contributed by atoms with van der Waals surface area (Å²) < 4.78 is 0. The minimum Gasteiger partial charge on any atom is -0.366 e. The van der Waals surface area contributed by atoms with Crippen molar-refractivity contribution < 1.29 is 14.4 Å². The molecule has 1 unspecified atom stereocenters. The Morgan fingerprint density at radius 3 is 2.28 bits per heavy atom. The standard InChI is InChI=1S/C25H26N4O3/c26-23(30)18-10-12-19(13-11-18)28-25(32)24(31)27-16-22(29-14-3-4-15-29)21-9-5-7-17-6-1-2-8-20(17)21/h1-2,5-13,22H,3-4,14-16H2,(H2,26,30)(H,27,31)(H,28,32). The van der Waals surface area contributed by atoms with E-state index < -0.39 is 17.7 Å². The minimum atomic E-state index is -0.755. The van der Waals surface area contributed by atoms with Crippen LogP contribution in [0.4, 0.5) is 5.69 Å². The molecular weight excluding hydrogens is 404 g/mol. The Labute approximate surface area is 186 Å². The molecule has 1 heterocycles. The first-order valence-corrected chi connectivity index (χ1v) is 10.7. The molecule has 0 aromatic heterocycles. The Morgan fingerprint density at radius 1 is 0.875 bits per heavy atom. The number of fused-ring (bicyclic) bond motifs is 1. The highest BCUT2D eigenvalue weighted by Crippen LogP contribution is 2.30. The van der Waals surface area contributed by atoms with Crippen molar-refractivity contribution in [3.63, 3.8) is 0 Å². The van der Waals surface area contributed by atoms with E-state index in [4.69, 9.17) is 5.73 Å². The van der Waals surface area contributed by atoms with Crippen LogP contribution >= 0.6 is 0 Å². The number of rotatable bonds is 6. The molecule has 164 valence electrons. The predicted octanol–water partition coefficient (Wildman–Crippen LogP) is 2.83. The van der Waals surface area contributed by atoms with E-state index in [0.29, 0.717) is 17.8 Å². The van der Waals surface area contributed by atoms with E-state index in [1.807, 2.05) is 18.2 Å². The summed E-state index contributed by atoms with van der Waals surface area (Å²) in [5.41, 5.74) is 7.11. The van der Waals surface area contributed by atoms with E-state index in [2.05, 4.69) is 39.8 Å². The SMILES string of the molecule is NC(=O)c1ccc(NC(=O)C(=O)NCC(c2cccc3ccccc23)N2CCCC2)cc1. The Bertz CT molecular complexity index is 1130. The van der Waals surface area contributed by atoms with Gasteiger partial charge in [-0.3, -0.25) is 19.3 Å². The molecule has 0 radical (unpaired) electrons. The zero-order valence-electron chi connectivity index (χ0n) is 17.7. The van der Waals surface area contributed by atoms with E-state index >= 15 is 0 Å². The van der Waals surface area contributed by atoms with Crippen molar-refractivity contribution in [3.05, 3.63) is 77.9 Å². The summed E-state index contributed by atoms with van der Waals surface area (Å²) in [6.07, 6.45) is 2.24. The van der Waals surface area contributed by atoms with Crippen molar-refractivity contribution >= 4 is 34.2 Å². The summed E-state index contributed by atoms with van der Waals surface area (Å²) in [6, 6.07) is 20.5. The third-order valence-corrected chi connectivity index (χ3v) is 5.85. The first kappa shape index (κ1) is 21.5.